The van der Waals surface area contributed by atoms with Gasteiger partial charge in [-0.3, -0.25) is 0 Å². The third-order valence-corrected chi connectivity index (χ3v) is 0.750. The van der Waals surface area contributed by atoms with Crippen LogP contribution in [0.5, 0.6) is 0 Å². The Balaban J connectivity index is 0. The van der Waals surface area contributed by atoms with Crippen LogP contribution in [0.4, 0.5) is 0 Å². The quantitative estimate of drug-likeness (QED) is 0.217. The van der Waals surface area contributed by atoms with Crippen molar-refractivity contribution in [3.63, 3.8) is 0 Å². The molecule has 0 heterocycles. The van der Waals surface area contributed by atoms with Crippen molar-refractivity contribution in [1.29, 1.82) is 0 Å². The van der Waals surface area contributed by atoms with Gasteiger partial charge in [0.15, 0.2) is 0 Å². The Kier molecular flexibility index (Phi) is 10.6. The van der Waals surface area contributed by atoms with Crippen LogP contribution in [-0.2, 0) is 9.36 Å². The first-order valence-electron chi connectivity index (χ1n) is 1.41. The van der Waals surface area contributed by atoms with Gasteiger partial charge < -0.3 is 14.3 Å². The zero-order valence-electron chi connectivity index (χ0n) is 4.01. The Labute approximate surface area is 64.3 Å². The summed E-state index contributed by atoms with van der Waals surface area (Å²) in [7, 11) is -2.75. The topological polar surface area (TPSA) is 57.2 Å². The summed E-state index contributed by atoms with van der Waals surface area (Å²) < 4.78 is 9.44. The van der Waals surface area contributed by atoms with E-state index in [1.54, 1.807) is 0 Å². The maximum atomic E-state index is 9.44. The predicted octanol–water partition coefficient (Wildman–Crippen LogP) is -3.98. The molecule has 5 heteroatoms. The van der Waals surface area contributed by atoms with E-state index < -0.39 is 8.03 Å². The molecule has 0 aromatic rings. The van der Waals surface area contributed by atoms with Gasteiger partial charge in [-0.2, -0.15) is 0 Å². The largest absolute Gasteiger partial charge is 1.00 e. The fraction of sp³-hybridized carbons (Fsp3) is 0.500. The normalized spacial score (nSPS) is 11.6. The van der Waals surface area contributed by atoms with Crippen LogP contribution in [-0.4, -0.2) is 12.4 Å². The smallest absolute Gasteiger partial charge is 0.801 e. The van der Waals surface area contributed by atoms with Gasteiger partial charge in [-0.25, -0.2) is 0 Å². The SMILES string of the molecule is O=CC[PH](=O)[O-].[Na+]. The maximum Gasteiger partial charge on any atom is 1.00 e. The van der Waals surface area contributed by atoms with Crippen LogP contribution in [0.2, 0.25) is 0 Å². The minimum atomic E-state index is -2.75. The van der Waals surface area contributed by atoms with E-state index in [0.717, 1.165) is 0 Å². The number of hydrogen-bond acceptors (Lipinski definition) is 3. The molecule has 1 atom stereocenters. The standard InChI is InChI=1S/C2H5O3P.Na/c3-1-2-6(4)5;/h1,6H,2H2,(H,4,5);/q;+1/p-1. The summed E-state index contributed by atoms with van der Waals surface area (Å²) in [6.07, 6.45) is 0.0545. The fourth-order valence-electron chi connectivity index (χ4n) is 0.0680. The van der Waals surface area contributed by atoms with Crippen LogP contribution in [0.3, 0.4) is 0 Å². The van der Waals surface area contributed by atoms with Crippen LogP contribution in [0.1, 0.15) is 0 Å². The molecule has 0 radical (unpaired) electrons. The van der Waals surface area contributed by atoms with Crippen molar-refractivity contribution < 1.29 is 43.8 Å². The second kappa shape index (κ2) is 6.86. The van der Waals surface area contributed by atoms with Crippen molar-refractivity contribution in [3.05, 3.63) is 0 Å². The number of carbonyl (C=O) groups is 1. The third-order valence-electron chi connectivity index (χ3n) is 0.250. The van der Waals surface area contributed by atoms with E-state index in [0.29, 0.717) is 6.29 Å². The molecule has 0 amide bonds. The minimum absolute atomic E-state index is 0. The van der Waals surface area contributed by atoms with Crippen molar-refractivity contribution in [1.82, 2.24) is 0 Å². The van der Waals surface area contributed by atoms with Gasteiger partial charge in [-0.05, 0) is 0 Å². The zero-order valence-corrected chi connectivity index (χ0v) is 7.01. The second-order valence-corrected chi connectivity index (χ2v) is 1.90. The van der Waals surface area contributed by atoms with Crippen molar-refractivity contribution in [2.75, 3.05) is 6.16 Å². The summed E-state index contributed by atoms with van der Waals surface area (Å²) in [5, 5.41) is 0. The second-order valence-electron chi connectivity index (χ2n) is 0.743. The van der Waals surface area contributed by atoms with E-state index in [2.05, 4.69) is 0 Å². The van der Waals surface area contributed by atoms with E-state index in [1.165, 1.54) is 0 Å². The van der Waals surface area contributed by atoms with Crippen molar-refractivity contribution in [3.8, 4) is 0 Å². The molecule has 0 aliphatic rings. The van der Waals surface area contributed by atoms with Crippen LogP contribution < -0.4 is 34.5 Å². The average molecular weight is 130 g/mol. The van der Waals surface area contributed by atoms with Crippen LogP contribution in [0.15, 0.2) is 0 Å². The zero-order chi connectivity index (χ0) is 4.99. The van der Waals surface area contributed by atoms with Crippen LogP contribution in [0.25, 0.3) is 0 Å². The van der Waals surface area contributed by atoms with E-state index in [1.807, 2.05) is 0 Å². The minimum Gasteiger partial charge on any atom is -0.801 e. The van der Waals surface area contributed by atoms with Gasteiger partial charge in [0, 0.05) is 14.2 Å². The molecule has 0 saturated heterocycles. The molecule has 0 bridgehead atoms. The molecular weight excluding hydrogens is 126 g/mol. The monoisotopic (exact) mass is 130 g/mol. The Morgan fingerprint density at radius 2 is 2.14 bits per heavy atom. The molecule has 1 unspecified atom stereocenters. The molecule has 0 fully saturated rings. The summed E-state index contributed by atoms with van der Waals surface area (Å²) in [5.74, 6) is 0. The summed E-state index contributed by atoms with van der Waals surface area (Å²) in [6, 6.07) is 0. The van der Waals surface area contributed by atoms with Crippen molar-refractivity contribution in [2.45, 2.75) is 0 Å². The molecular formula is C2H4NaO3P. The molecule has 0 aromatic heterocycles. The molecule has 0 saturated carbocycles. The summed E-state index contributed by atoms with van der Waals surface area (Å²) in [6.45, 7) is 0. The van der Waals surface area contributed by atoms with E-state index in [9.17, 15) is 14.3 Å². The summed E-state index contributed by atoms with van der Waals surface area (Å²) in [4.78, 5) is 18.7. The van der Waals surface area contributed by atoms with Gasteiger partial charge >= 0.3 is 29.6 Å². The van der Waals surface area contributed by atoms with Crippen molar-refractivity contribution in [2.24, 2.45) is 0 Å². The molecule has 0 spiro atoms. The predicted molar refractivity (Wildman–Crippen MR) is 19.9 cm³/mol. The van der Waals surface area contributed by atoms with Gasteiger partial charge in [0.05, 0.1) is 0 Å². The van der Waals surface area contributed by atoms with Gasteiger partial charge in [-0.1, -0.05) is 0 Å². The number of hydrogen-bond donors (Lipinski definition) is 0. The first-order valence-corrected chi connectivity index (χ1v) is 2.93. The first-order chi connectivity index (χ1) is 2.77. The van der Waals surface area contributed by atoms with Crippen LogP contribution in [0, 0.1) is 0 Å². The maximum absolute atomic E-state index is 9.44. The van der Waals surface area contributed by atoms with Gasteiger partial charge in [0.2, 0.25) is 0 Å². The van der Waals surface area contributed by atoms with E-state index in [4.69, 9.17) is 0 Å². The molecule has 7 heavy (non-hydrogen) atoms. The van der Waals surface area contributed by atoms with Gasteiger partial charge in [0.1, 0.15) is 6.29 Å². The number of carbonyl (C=O) groups excluding carboxylic acids is 1. The Morgan fingerprint density at radius 3 is 2.14 bits per heavy atom. The Morgan fingerprint density at radius 1 is 1.71 bits per heavy atom. The molecule has 0 aliphatic carbocycles. The van der Waals surface area contributed by atoms with E-state index in [-0.39, 0.29) is 35.7 Å². The average Bonchev–Trinajstić information content (AvgIpc) is 1.35. The number of rotatable bonds is 2. The summed E-state index contributed by atoms with van der Waals surface area (Å²) >= 11 is 0. The van der Waals surface area contributed by atoms with Crippen molar-refractivity contribution >= 4 is 14.3 Å². The van der Waals surface area contributed by atoms with Gasteiger partial charge in [-0.15, -0.1) is 0 Å². The Bertz CT molecular complexity index is 73.3. The number of aldehydes is 1. The molecule has 0 N–H and O–H groups in total. The summed E-state index contributed by atoms with van der Waals surface area (Å²) in [5.41, 5.74) is 0. The molecule has 0 aromatic carbocycles. The van der Waals surface area contributed by atoms with E-state index >= 15 is 0 Å². The van der Waals surface area contributed by atoms with Crippen LogP contribution >= 0.6 is 8.03 Å². The van der Waals surface area contributed by atoms with Gasteiger partial charge in [0.25, 0.3) is 0 Å². The Hall–Kier alpha value is 0.860. The third kappa shape index (κ3) is 10.9. The molecule has 0 rings (SSSR count). The molecule has 0 aliphatic heterocycles. The molecule has 36 valence electrons. The fourth-order valence-corrected chi connectivity index (χ4v) is 0.204. The first kappa shape index (κ1) is 10.8. The molecule has 3 nitrogen and oxygen atoms in total.